The summed E-state index contributed by atoms with van der Waals surface area (Å²) in [4.78, 5) is 6.32. The average molecular weight is 280 g/mol. The van der Waals surface area contributed by atoms with Crippen LogP contribution in [0.5, 0.6) is 0 Å². The number of aromatic nitrogens is 1. The van der Waals surface area contributed by atoms with Crippen molar-refractivity contribution in [2.75, 3.05) is 20.2 Å². The van der Waals surface area contributed by atoms with Gasteiger partial charge in [0.15, 0.2) is 0 Å². The quantitative estimate of drug-likeness (QED) is 0.852. The fourth-order valence-electron chi connectivity index (χ4n) is 2.15. The smallest absolute Gasteiger partial charge is 0.104 e. The Morgan fingerprint density at radius 1 is 1.14 bits per heavy atom. The Balaban J connectivity index is 1.89. The molecule has 21 heavy (non-hydrogen) atoms. The van der Waals surface area contributed by atoms with E-state index < -0.39 is 0 Å². The number of likely N-dealkylation sites (N-methyl/N-ethyl adjacent to an activating group) is 1. The third-order valence-electron chi connectivity index (χ3n) is 3.22. The molecule has 1 heterocycles. The van der Waals surface area contributed by atoms with Crippen LogP contribution >= 0.6 is 0 Å². The van der Waals surface area contributed by atoms with Crippen LogP contribution in [0, 0.1) is 11.8 Å². The van der Waals surface area contributed by atoms with Gasteiger partial charge in [-0.3, -0.25) is 4.98 Å². The van der Waals surface area contributed by atoms with E-state index in [0.29, 0.717) is 0 Å². The van der Waals surface area contributed by atoms with Crippen molar-refractivity contribution < 1.29 is 5.11 Å². The zero-order valence-electron chi connectivity index (χ0n) is 12.3. The van der Waals surface area contributed by atoms with Crippen molar-refractivity contribution in [3.63, 3.8) is 0 Å². The van der Waals surface area contributed by atoms with E-state index in [1.165, 1.54) is 11.1 Å². The molecule has 1 N–H and O–H groups in total. The second kappa shape index (κ2) is 8.21. The van der Waals surface area contributed by atoms with Crippen LogP contribution in [0.25, 0.3) is 0 Å². The van der Waals surface area contributed by atoms with Gasteiger partial charge in [-0.05, 0) is 48.9 Å². The molecule has 1 aromatic heterocycles. The van der Waals surface area contributed by atoms with Gasteiger partial charge in [-0.1, -0.05) is 24.0 Å². The Morgan fingerprint density at radius 3 is 2.71 bits per heavy atom. The normalized spacial score (nSPS) is 10.2. The molecule has 2 rings (SSSR count). The number of hydrogen-bond donors (Lipinski definition) is 1. The molecule has 0 saturated heterocycles. The van der Waals surface area contributed by atoms with Gasteiger partial charge in [-0.15, -0.1) is 0 Å². The predicted octanol–water partition coefficient (Wildman–Crippen LogP) is 2.10. The minimum atomic E-state index is -0.101. The summed E-state index contributed by atoms with van der Waals surface area (Å²) in [7, 11) is 2.12. The van der Waals surface area contributed by atoms with E-state index in [9.17, 15) is 0 Å². The third kappa shape index (κ3) is 5.39. The molecule has 0 aliphatic heterocycles. The Hall–Kier alpha value is -2.15. The second-order valence-electron chi connectivity index (χ2n) is 5.00. The van der Waals surface area contributed by atoms with Crippen molar-refractivity contribution in [3.8, 4) is 11.8 Å². The van der Waals surface area contributed by atoms with Crippen LogP contribution in [0.3, 0.4) is 0 Å². The average Bonchev–Trinajstić information content (AvgIpc) is 2.52. The third-order valence-corrected chi connectivity index (χ3v) is 3.22. The lowest BCUT2D eigenvalue weighted by atomic mass is 10.1. The molecule has 0 bridgehead atoms. The van der Waals surface area contributed by atoms with Crippen molar-refractivity contribution >= 4 is 0 Å². The van der Waals surface area contributed by atoms with Crippen molar-refractivity contribution in [3.05, 3.63) is 65.5 Å². The molecule has 0 amide bonds. The highest BCUT2D eigenvalue weighted by atomic mass is 16.2. The fourth-order valence-corrected chi connectivity index (χ4v) is 2.15. The lowest BCUT2D eigenvalue weighted by molar-refractivity contribution is 0.331. The van der Waals surface area contributed by atoms with Gasteiger partial charge in [0.05, 0.1) is 0 Å². The van der Waals surface area contributed by atoms with Gasteiger partial charge in [0.1, 0.15) is 6.61 Å². The molecular formula is C18H20N2O. The van der Waals surface area contributed by atoms with E-state index in [-0.39, 0.29) is 6.61 Å². The molecule has 0 fully saturated rings. The number of aliphatic hydroxyl groups excluding tert-OH is 1. The zero-order chi connectivity index (χ0) is 14.9. The number of aliphatic hydroxyl groups is 1. The second-order valence-corrected chi connectivity index (χ2v) is 5.00. The highest BCUT2D eigenvalue weighted by molar-refractivity contribution is 5.37. The van der Waals surface area contributed by atoms with Gasteiger partial charge in [0.2, 0.25) is 0 Å². The van der Waals surface area contributed by atoms with Crippen LogP contribution in [0.4, 0.5) is 0 Å². The number of nitrogens with zero attached hydrogens (tertiary/aromatic N) is 2. The first-order valence-corrected chi connectivity index (χ1v) is 7.04. The SMILES string of the molecule is CN(CCc1ccncc1)Cc1cccc(C#CCO)c1. The van der Waals surface area contributed by atoms with E-state index in [1.54, 1.807) is 0 Å². The van der Waals surface area contributed by atoms with Gasteiger partial charge in [0, 0.05) is 31.0 Å². The summed E-state index contributed by atoms with van der Waals surface area (Å²) in [5.41, 5.74) is 3.49. The summed E-state index contributed by atoms with van der Waals surface area (Å²) in [5.74, 6) is 5.62. The van der Waals surface area contributed by atoms with Crippen molar-refractivity contribution in [2.24, 2.45) is 0 Å². The summed E-state index contributed by atoms with van der Waals surface area (Å²) in [6, 6.07) is 12.3. The maximum atomic E-state index is 8.73. The summed E-state index contributed by atoms with van der Waals surface area (Å²) in [5, 5.41) is 8.73. The zero-order valence-corrected chi connectivity index (χ0v) is 12.3. The van der Waals surface area contributed by atoms with Crippen LogP contribution in [-0.2, 0) is 13.0 Å². The van der Waals surface area contributed by atoms with Crippen LogP contribution < -0.4 is 0 Å². The van der Waals surface area contributed by atoms with Gasteiger partial charge in [-0.25, -0.2) is 0 Å². The van der Waals surface area contributed by atoms with Crippen molar-refractivity contribution in [1.82, 2.24) is 9.88 Å². The summed E-state index contributed by atoms with van der Waals surface area (Å²) >= 11 is 0. The van der Waals surface area contributed by atoms with E-state index in [0.717, 1.165) is 25.1 Å². The molecular weight excluding hydrogens is 260 g/mol. The molecule has 0 aliphatic carbocycles. The highest BCUT2D eigenvalue weighted by Gasteiger charge is 2.02. The summed E-state index contributed by atoms with van der Waals surface area (Å²) < 4.78 is 0. The molecule has 0 saturated carbocycles. The minimum Gasteiger partial charge on any atom is -0.384 e. The largest absolute Gasteiger partial charge is 0.384 e. The predicted molar refractivity (Wildman–Crippen MR) is 84.7 cm³/mol. The lowest BCUT2D eigenvalue weighted by Crippen LogP contribution is -2.20. The topological polar surface area (TPSA) is 36.4 Å². The summed E-state index contributed by atoms with van der Waals surface area (Å²) in [6.45, 7) is 1.78. The first kappa shape index (κ1) is 15.2. The van der Waals surface area contributed by atoms with Crippen LogP contribution in [-0.4, -0.2) is 35.2 Å². The number of benzene rings is 1. The molecule has 2 aromatic rings. The van der Waals surface area contributed by atoms with E-state index in [2.05, 4.69) is 53.0 Å². The monoisotopic (exact) mass is 280 g/mol. The molecule has 1 aromatic carbocycles. The Labute approximate surface area is 126 Å². The fraction of sp³-hybridized carbons (Fsp3) is 0.278. The Bertz CT molecular complexity index is 614. The van der Waals surface area contributed by atoms with Crippen LogP contribution in [0.2, 0.25) is 0 Å². The van der Waals surface area contributed by atoms with Crippen LogP contribution in [0.15, 0.2) is 48.8 Å². The van der Waals surface area contributed by atoms with Gasteiger partial charge in [-0.2, -0.15) is 0 Å². The van der Waals surface area contributed by atoms with Crippen molar-refractivity contribution in [1.29, 1.82) is 0 Å². The highest BCUT2D eigenvalue weighted by Crippen LogP contribution is 2.08. The first-order chi connectivity index (χ1) is 10.3. The number of rotatable bonds is 5. The molecule has 108 valence electrons. The molecule has 0 aliphatic rings. The molecule has 0 atom stereocenters. The van der Waals surface area contributed by atoms with Gasteiger partial charge >= 0.3 is 0 Å². The summed E-state index contributed by atoms with van der Waals surface area (Å²) in [6.07, 6.45) is 4.68. The van der Waals surface area contributed by atoms with E-state index >= 15 is 0 Å². The molecule has 3 nitrogen and oxygen atoms in total. The van der Waals surface area contributed by atoms with Gasteiger partial charge < -0.3 is 10.0 Å². The number of hydrogen-bond acceptors (Lipinski definition) is 3. The van der Waals surface area contributed by atoms with Gasteiger partial charge in [0.25, 0.3) is 0 Å². The molecule has 0 unspecified atom stereocenters. The standard InChI is InChI=1S/C18H20N2O/c1-20(12-9-16-7-10-19-11-8-16)15-18-5-2-4-17(14-18)6-3-13-21/h2,4-5,7-8,10-11,14,21H,9,12-13,15H2,1H3. The minimum absolute atomic E-state index is 0.101. The van der Waals surface area contributed by atoms with E-state index in [1.807, 2.05) is 24.5 Å². The maximum absolute atomic E-state index is 8.73. The van der Waals surface area contributed by atoms with Crippen LogP contribution in [0.1, 0.15) is 16.7 Å². The molecule has 0 spiro atoms. The maximum Gasteiger partial charge on any atom is 0.104 e. The number of pyridine rings is 1. The Morgan fingerprint density at radius 2 is 1.95 bits per heavy atom. The lowest BCUT2D eigenvalue weighted by Gasteiger charge is -2.16. The Kier molecular flexibility index (Phi) is 5.96. The molecule has 3 heteroatoms. The first-order valence-electron chi connectivity index (χ1n) is 7.04. The van der Waals surface area contributed by atoms with Crippen molar-refractivity contribution in [2.45, 2.75) is 13.0 Å². The van der Waals surface area contributed by atoms with E-state index in [4.69, 9.17) is 5.11 Å². The molecule has 0 radical (unpaired) electrons.